The molecule has 0 amide bonds. The molecule has 16 heavy (non-hydrogen) atoms. The molecule has 0 aromatic carbocycles. The van der Waals surface area contributed by atoms with Crippen molar-refractivity contribution in [3.05, 3.63) is 36.0 Å². The normalized spacial score (nSPS) is 19.1. The van der Waals surface area contributed by atoms with Gasteiger partial charge in [-0.15, -0.1) is 0 Å². The monoisotopic (exact) mass is 243 g/mol. The maximum absolute atomic E-state index is 14.3. The van der Waals surface area contributed by atoms with Gasteiger partial charge in [-0.25, -0.2) is 4.39 Å². The van der Waals surface area contributed by atoms with Crippen molar-refractivity contribution in [1.82, 2.24) is 5.32 Å². The van der Waals surface area contributed by atoms with Crippen LogP contribution in [0.1, 0.15) is 27.2 Å². The molecule has 0 heterocycles. The average Bonchev–Trinajstić information content (AvgIpc) is 2.27. The standard InChI is InChI=1S/C13H23FNP/c1-6-9-11(10(4)15-5)12(7-2)13(14,16)8-3/h6-7,9-10,15H,2,8,16H2,1,3-5H3/b9-6-,12-11-. The second kappa shape index (κ2) is 6.98. The first kappa shape index (κ1) is 15.5. The van der Waals surface area contributed by atoms with Gasteiger partial charge in [0, 0.05) is 6.04 Å². The van der Waals surface area contributed by atoms with Crippen molar-refractivity contribution in [2.45, 2.75) is 38.6 Å². The summed E-state index contributed by atoms with van der Waals surface area (Å²) in [5.41, 5.74) is 1.58. The van der Waals surface area contributed by atoms with Gasteiger partial charge < -0.3 is 5.32 Å². The smallest absolute Gasteiger partial charge is 0.148 e. The Hall–Kier alpha value is -0.460. The zero-order chi connectivity index (χ0) is 12.8. The Kier molecular flexibility index (Phi) is 6.78. The highest BCUT2D eigenvalue weighted by Crippen LogP contribution is 2.36. The molecule has 1 N–H and O–H groups in total. The molecule has 0 saturated carbocycles. The summed E-state index contributed by atoms with van der Waals surface area (Å²) in [6.07, 6.45) is 5.88. The van der Waals surface area contributed by atoms with Gasteiger partial charge in [0.25, 0.3) is 0 Å². The Labute approximate surface area is 101 Å². The molecule has 0 aliphatic carbocycles. The number of halogens is 1. The molecule has 0 aromatic heterocycles. The lowest BCUT2D eigenvalue weighted by Gasteiger charge is -2.25. The second-order valence-electron chi connectivity index (χ2n) is 3.80. The average molecular weight is 243 g/mol. The van der Waals surface area contributed by atoms with E-state index in [1.165, 1.54) is 0 Å². The molecule has 0 radical (unpaired) electrons. The molecule has 3 atom stereocenters. The number of allylic oxidation sites excluding steroid dienone is 3. The molecule has 3 heteroatoms. The van der Waals surface area contributed by atoms with Gasteiger partial charge >= 0.3 is 0 Å². The van der Waals surface area contributed by atoms with Gasteiger partial charge in [-0.2, -0.15) is 0 Å². The second-order valence-corrected chi connectivity index (χ2v) is 4.71. The molecule has 3 unspecified atom stereocenters. The zero-order valence-corrected chi connectivity index (χ0v) is 11.8. The van der Waals surface area contributed by atoms with Crippen LogP contribution in [-0.2, 0) is 0 Å². The lowest BCUT2D eigenvalue weighted by molar-refractivity contribution is 0.330. The van der Waals surface area contributed by atoms with E-state index in [0.29, 0.717) is 12.0 Å². The van der Waals surface area contributed by atoms with Crippen LogP contribution in [0, 0.1) is 0 Å². The summed E-state index contributed by atoms with van der Waals surface area (Å²) in [7, 11) is 4.14. The number of nitrogens with one attached hydrogen (secondary N) is 1. The van der Waals surface area contributed by atoms with E-state index in [-0.39, 0.29) is 6.04 Å². The number of alkyl halides is 1. The fraction of sp³-hybridized carbons (Fsp3) is 0.538. The van der Waals surface area contributed by atoms with Crippen LogP contribution in [0.25, 0.3) is 0 Å². The molecule has 0 aromatic rings. The summed E-state index contributed by atoms with van der Waals surface area (Å²) in [5.74, 6) is 0. The van der Waals surface area contributed by atoms with Crippen LogP contribution in [0.15, 0.2) is 36.0 Å². The zero-order valence-electron chi connectivity index (χ0n) is 10.7. The molecule has 0 aliphatic rings. The van der Waals surface area contributed by atoms with Crippen LogP contribution in [-0.4, -0.2) is 18.5 Å². The third-order valence-corrected chi connectivity index (χ3v) is 3.44. The van der Waals surface area contributed by atoms with Crippen LogP contribution in [0.4, 0.5) is 4.39 Å². The molecule has 1 nitrogen and oxygen atoms in total. The first-order valence-electron chi connectivity index (χ1n) is 5.59. The van der Waals surface area contributed by atoms with Crippen LogP contribution < -0.4 is 5.32 Å². The van der Waals surface area contributed by atoms with Gasteiger partial charge in [-0.3, -0.25) is 0 Å². The van der Waals surface area contributed by atoms with Crippen molar-refractivity contribution in [3.8, 4) is 0 Å². The maximum Gasteiger partial charge on any atom is 0.148 e. The van der Waals surface area contributed by atoms with Crippen molar-refractivity contribution in [2.75, 3.05) is 7.05 Å². The molecular formula is C13H23FNP. The van der Waals surface area contributed by atoms with Gasteiger partial charge in [0.1, 0.15) is 5.41 Å². The van der Waals surface area contributed by atoms with Crippen molar-refractivity contribution in [3.63, 3.8) is 0 Å². The molecule has 0 fully saturated rings. The van der Waals surface area contributed by atoms with Gasteiger partial charge in [0.05, 0.1) is 0 Å². The predicted molar refractivity (Wildman–Crippen MR) is 74.4 cm³/mol. The first-order chi connectivity index (χ1) is 7.44. The highest BCUT2D eigenvalue weighted by atomic mass is 31.0. The Bertz CT molecular complexity index is 292. The fourth-order valence-corrected chi connectivity index (χ4v) is 1.80. The van der Waals surface area contributed by atoms with Crippen molar-refractivity contribution in [1.29, 1.82) is 0 Å². The number of hydrogen-bond donors (Lipinski definition) is 1. The maximum atomic E-state index is 14.3. The van der Waals surface area contributed by atoms with Gasteiger partial charge in [0.2, 0.25) is 0 Å². The third kappa shape index (κ3) is 3.84. The number of rotatable bonds is 6. The predicted octanol–water partition coefficient (Wildman–Crippen LogP) is 3.60. The SMILES string of the molecule is C=C/C(=C(\C=C/C)C(C)NC)C(F)(P)CC. The van der Waals surface area contributed by atoms with Crippen LogP contribution in [0.2, 0.25) is 0 Å². The van der Waals surface area contributed by atoms with E-state index in [9.17, 15) is 4.39 Å². The van der Waals surface area contributed by atoms with Crippen molar-refractivity contribution < 1.29 is 4.39 Å². The summed E-state index contributed by atoms with van der Waals surface area (Å²) in [4.78, 5) is 0. The van der Waals surface area contributed by atoms with E-state index >= 15 is 0 Å². The van der Waals surface area contributed by atoms with Crippen LogP contribution in [0.3, 0.4) is 0 Å². The number of likely N-dealkylation sites (N-methyl/N-ethyl adjacent to an activating group) is 1. The minimum absolute atomic E-state index is 0.103. The Morgan fingerprint density at radius 1 is 1.62 bits per heavy atom. The molecule has 0 aliphatic heterocycles. The summed E-state index contributed by atoms with van der Waals surface area (Å²) in [6.45, 7) is 9.49. The molecule has 92 valence electrons. The van der Waals surface area contributed by atoms with Crippen molar-refractivity contribution in [2.24, 2.45) is 0 Å². The summed E-state index contributed by atoms with van der Waals surface area (Å²) < 4.78 is 14.3. The van der Waals surface area contributed by atoms with Crippen LogP contribution in [0.5, 0.6) is 0 Å². The molecule has 0 spiro atoms. The molecule has 0 saturated heterocycles. The van der Waals surface area contributed by atoms with E-state index < -0.39 is 5.41 Å². The highest BCUT2D eigenvalue weighted by molar-refractivity contribution is 7.19. The van der Waals surface area contributed by atoms with Crippen LogP contribution >= 0.6 is 9.24 Å². The van der Waals surface area contributed by atoms with E-state index in [4.69, 9.17) is 0 Å². The Balaban J connectivity index is 5.58. The first-order valence-corrected chi connectivity index (χ1v) is 6.17. The van der Waals surface area contributed by atoms with E-state index in [1.807, 2.05) is 40.0 Å². The van der Waals surface area contributed by atoms with Crippen molar-refractivity contribution >= 4 is 9.24 Å². The minimum Gasteiger partial charge on any atom is -0.313 e. The lowest BCUT2D eigenvalue weighted by atomic mass is 9.96. The van der Waals surface area contributed by atoms with E-state index in [2.05, 4.69) is 21.1 Å². The van der Waals surface area contributed by atoms with E-state index in [0.717, 1.165) is 5.57 Å². The largest absolute Gasteiger partial charge is 0.313 e. The lowest BCUT2D eigenvalue weighted by Crippen LogP contribution is -2.27. The molecule has 0 bridgehead atoms. The summed E-state index contributed by atoms with van der Waals surface area (Å²) >= 11 is 0. The quantitative estimate of drug-likeness (QED) is 0.555. The summed E-state index contributed by atoms with van der Waals surface area (Å²) in [5, 5.41) is 1.73. The fourth-order valence-electron chi connectivity index (χ4n) is 1.52. The van der Waals surface area contributed by atoms with Gasteiger partial charge in [-0.1, -0.05) is 41.0 Å². The molecular weight excluding hydrogens is 220 g/mol. The Morgan fingerprint density at radius 3 is 2.50 bits per heavy atom. The molecule has 0 rings (SSSR count). The highest BCUT2D eigenvalue weighted by Gasteiger charge is 2.27. The van der Waals surface area contributed by atoms with Gasteiger partial charge in [0.15, 0.2) is 0 Å². The van der Waals surface area contributed by atoms with E-state index in [1.54, 1.807) is 6.08 Å². The number of hydrogen-bond acceptors (Lipinski definition) is 1. The van der Waals surface area contributed by atoms with Gasteiger partial charge in [-0.05, 0) is 38.5 Å². The summed E-state index contributed by atoms with van der Waals surface area (Å²) in [6, 6.07) is 0.103. The topological polar surface area (TPSA) is 12.0 Å². The Morgan fingerprint density at radius 2 is 2.19 bits per heavy atom. The minimum atomic E-state index is -1.40. The third-order valence-electron chi connectivity index (χ3n) is 2.72.